The topological polar surface area (TPSA) is 24.5 Å². The van der Waals surface area contributed by atoms with Gasteiger partial charge in [0.05, 0.1) is 0 Å². The van der Waals surface area contributed by atoms with Crippen LogP contribution in [0.1, 0.15) is 38.3 Å². The Labute approximate surface area is 158 Å². The normalized spacial score (nSPS) is 18.3. The summed E-state index contributed by atoms with van der Waals surface area (Å²) in [5, 5.41) is 3.27. The van der Waals surface area contributed by atoms with Crippen LogP contribution in [0.5, 0.6) is 5.75 Å². The number of hydrogen-bond donors (Lipinski definition) is 1. The van der Waals surface area contributed by atoms with Gasteiger partial charge in [-0.2, -0.15) is 17.6 Å². The van der Waals surface area contributed by atoms with E-state index in [2.05, 4.69) is 28.8 Å². The molecule has 1 unspecified atom stereocenters. The third kappa shape index (κ3) is 5.72. The molecule has 8 heteroatoms. The lowest BCUT2D eigenvalue weighted by molar-refractivity contribution is -0.253. The number of benzene rings is 1. The lowest BCUT2D eigenvalue weighted by Gasteiger charge is -2.39. The van der Waals surface area contributed by atoms with Crippen molar-refractivity contribution in [3.8, 4) is 5.75 Å². The summed E-state index contributed by atoms with van der Waals surface area (Å²) >= 11 is 0. The maximum Gasteiger partial charge on any atom is 0.461 e. The smallest absolute Gasteiger partial charge is 0.428 e. The van der Waals surface area contributed by atoms with E-state index in [0.717, 1.165) is 39.0 Å². The van der Waals surface area contributed by atoms with E-state index in [4.69, 9.17) is 0 Å². The van der Waals surface area contributed by atoms with E-state index in [9.17, 15) is 17.6 Å². The molecule has 1 aromatic carbocycles. The molecule has 2 rings (SSSR count). The summed E-state index contributed by atoms with van der Waals surface area (Å²) in [6.45, 7) is 7.31. The largest absolute Gasteiger partial charge is 0.461 e. The summed E-state index contributed by atoms with van der Waals surface area (Å²) in [7, 11) is 0. The van der Waals surface area contributed by atoms with Crippen molar-refractivity contribution in [1.29, 1.82) is 0 Å². The zero-order valence-electron chi connectivity index (χ0n) is 15.1. The van der Waals surface area contributed by atoms with Crippen LogP contribution in [-0.2, 0) is 0 Å². The van der Waals surface area contributed by atoms with Gasteiger partial charge in [-0.3, -0.25) is 4.90 Å². The highest BCUT2D eigenvalue weighted by atomic mass is 35.5. The first kappa shape index (κ1) is 23.0. The molecule has 1 aliphatic rings. The Morgan fingerprint density at radius 1 is 1.19 bits per heavy atom. The van der Waals surface area contributed by atoms with E-state index < -0.39 is 12.5 Å². The molecule has 0 saturated carbocycles. The van der Waals surface area contributed by atoms with Gasteiger partial charge in [0.25, 0.3) is 0 Å². The molecule has 2 atom stereocenters. The summed E-state index contributed by atoms with van der Waals surface area (Å²) in [5.74, 6) is 0.0207. The predicted molar refractivity (Wildman–Crippen MR) is 96.5 cm³/mol. The molecule has 1 fully saturated rings. The quantitative estimate of drug-likeness (QED) is 0.641. The van der Waals surface area contributed by atoms with Crippen LogP contribution < -0.4 is 10.1 Å². The highest BCUT2D eigenvalue weighted by Crippen LogP contribution is 2.39. The molecule has 3 nitrogen and oxygen atoms in total. The van der Waals surface area contributed by atoms with Crippen LogP contribution in [0.4, 0.5) is 17.6 Å². The maximum absolute atomic E-state index is 13.5. The van der Waals surface area contributed by atoms with Crippen LogP contribution in [0.25, 0.3) is 0 Å². The molecule has 1 aromatic rings. The minimum atomic E-state index is -4.50. The zero-order valence-corrected chi connectivity index (χ0v) is 15.9. The molecular weight excluding hydrogens is 372 g/mol. The first-order chi connectivity index (χ1) is 11.9. The highest BCUT2D eigenvalue weighted by molar-refractivity contribution is 5.85. The number of ether oxygens (including phenoxy) is 1. The minimum absolute atomic E-state index is 0. The van der Waals surface area contributed by atoms with Crippen molar-refractivity contribution in [2.24, 2.45) is 5.92 Å². The first-order valence-electron chi connectivity index (χ1n) is 8.75. The molecule has 26 heavy (non-hydrogen) atoms. The summed E-state index contributed by atoms with van der Waals surface area (Å²) in [6.07, 6.45) is -6.50. The van der Waals surface area contributed by atoms with E-state index in [1.54, 1.807) is 12.1 Å². The van der Waals surface area contributed by atoms with Crippen molar-refractivity contribution in [3.63, 3.8) is 0 Å². The summed E-state index contributed by atoms with van der Waals surface area (Å²) in [4.78, 5) is 2.22. The van der Waals surface area contributed by atoms with Crippen molar-refractivity contribution in [3.05, 3.63) is 29.8 Å². The molecule has 1 heterocycles. The SMILES string of the molecule is CCCC(C)[C@H](c1ccccc1OC(F)(F)C(F)F)N1CCNCC1.Cl. The number of halogens is 5. The van der Waals surface area contributed by atoms with Crippen LogP contribution >= 0.6 is 12.4 Å². The van der Waals surface area contributed by atoms with Crippen LogP contribution in [0.15, 0.2) is 24.3 Å². The van der Waals surface area contributed by atoms with Crippen molar-refractivity contribution in [2.45, 2.75) is 45.3 Å². The van der Waals surface area contributed by atoms with Gasteiger partial charge in [0.15, 0.2) is 0 Å². The number of hydrogen-bond acceptors (Lipinski definition) is 3. The van der Waals surface area contributed by atoms with Crippen molar-refractivity contribution in [1.82, 2.24) is 10.2 Å². The first-order valence-corrected chi connectivity index (χ1v) is 8.75. The Balaban J connectivity index is 0.00000338. The second kappa shape index (κ2) is 10.3. The highest BCUT2D eigenvalue weighted by Gasteiger charge is 2.45. The van der Waals surface area contributed by atoms with Crippen molar-refractivity contribution >= 4 is 12.4 Å². The fraction of sp³-hybridized carbons (Fsp3) is 0.667. The van der Waals surface area contributed by atoms with E-state index in [-0.39, 0.29) is 30.1 Å². The average molecular weight is 399 g/mol. The Kier molecular flexibility index (Phi) is 9.13. The molecule has 0 bridgehead atoms. The van der Waals surface area contributed by atoms with Gasteiger partial charge in [-0.15, -0.1) is 12.4 Å². The Bertz CT molecular complexity index is 542. The second-order valence-electron chi connectivity index (χ2n) is 6.50. The minimum Gasteiger partial charge on any atom is -0.428 e. The van der Waals surface area contributed by atoms with Gasteiger partial charge in [0, 0.05) is 37.8 Å². The van der Waals surface area contributed by atoms with Crippen molar-refractivity contribution in [2.75, 3.05) is 26.2 Å². The van der Waals surface area contributed by atoms with Gasteiger partial charge in [-0.05, 0) is 18.4 Å². The molecule has 1 N–H and O–H groups in total. The van der Waals surface area contributed by atoms with E-state index >= 15 is 0 Å². The van der Waals surface area contributed by atoms with Gasteiger partial charge >= 0.3 is 12.5 Å². The molecule has 0 aliphatic carbocycles. The molecule has 0 aromatic heterocycles. The Hall–Kier alpha value is -1.05. The van der Waals surface area contributed by atoms with Crippen LogP contribution in [-0.4, -0.2) is 43.6 Å². The van der Waals surface area contributed by atoms with Gasteiger partial charge in [0.1, 0.15) is 5.75 Å². The second-order valence-corrected chi connectivity index (χ2v) is 6.50. The third-order valence-electron chi connectivity index (χ3n) is 4.57. The monoisotopic (exact) mass is 398 g/mol. The predicted octanol–water partition coefficient (Wildman–Crippen LogP) is 4.73. The molecule has 0 radical (unpaired) electrons. The molecule has 150 valence electrons. The summed E-state index contributed by atoms with van der Waals surface area (Å²) in [6, 6.07) is 6.16. The Morgan fingerprint density at radius 3 is 2.38 bits per heavy atom. The third-order valence-corrected chi connectivity index (χ3v) is 4.57. The lowest BCUT2D eigenvalue weighted by Crippen LogP contribution is -2.47. The molecule has 0 spiro atoms. The van der Waals surface area contributed by atoms with Crippen LogP contribution in [0.2, 0.25) is 0 Å². The van der Waals surface area contributed by atoms with Crippen LogP contribution in [0.3, 0.4) is 0 Å². The van der Waals surface area contributed by atoms with E-state index in [0.29, 0.717) is 5.56 Å². The maximum atomic E-state index is 13.5. The number of nitrogens with one attached hydrogen (secondary N) is 1. The van der Waals surface area contributed by atoms with Gasteiger partial charge in [0.2, 0.25) is 0 Å². The van der Waals surface area contributed by atoms with Gasteiger partial charge in [-0.25, -0.2) is 0 Å². The fourth-order valence-corrected chi connectivity index (χ4v) is 3.45. The fourth-order valence-electron chi connectivity index (χ4n) is 3.45. The molecule has 1 saturated heterocycles. The van der Waals surface area contributed by atoms with Crippen molar-refractivity contribution < 1.29 is 22.3 Å². The van der Waals surface area contributed by atoms with E-state index in [1.807, 2.05) is 0 Å². The summed E-state index contributed by atoms with van der Waals surface area (Å²) in [5.41, 5.74) is 0.547. The van der Waals surface area contributed by atoms with Gasteiger partial charge in [-0.1, -0.05) is 38.5 Å². The van der Waals surface area contributed by atoms with Gasteiger partial charge < -0.3 is 10.1 Å². The number of nitrogens with zero attached hydrogens (tertiary/aromatic N) is 1. The van der Waals surface area contributed by atoms with Crippen LogP contribution in [0, 0.1) is 5.92 Å². The summed E-state index contributed by atoms with van der Waals surface area (Å²) < 4.78 is 56.6. The zero-order chi connectivity index (χ0) is 18.4. The standard InChI is InChI=1S/C18H26F4N2O.ClH/c1-3-6-13(2)16(24-11-9-23-10-12-24)14-7-4-5-8-15(14)25-18(21,22)17(19)20;/h4-5,7-8,13,16-17,23H,3,6,9-12H2,1-2H3;1H/t13?,16-;/m1./s1. The number of rotatable bonds is 8. The number of para-hydroxylation sites is 1. The Morgan fingerprint density at radius 2 is 1.81 bits per heavy atom. The lowest BCUT2D eigenvalue weighted by atomic mass is 9.88. The molecule has 1 aliphatic heterocycles. The number of alkyl halides is 4. The number of piperazine rings is 1. The average Bonchev–Trinajstić information content (AvgIpc) is 2.57. The molecule has 0 amide bonds. The molecular formula is C18H27ClF4N2O. The van der Waals surface area contributed by atoms with E-state index in [1.165, 1.54) is 12.1 Å².